The number of sulfonamides is 1. The highest BCUT2D eigenvalue weighted by Gasteiger charge is 2.27. The Kier molecular flexibility index (Phi) is 5.05. The molecule has 0 amide bonds. The second kappa shape index (κ2) is 6.59. The van der Waals surface area contributed by atoms with E-state index in [1.54, 1.807) is 28.6 Å². The van der Waals surface area contributed by atoms with Gasteiger partial charge in [-0.2, -0.15) is 4.31 Å². The molecule has 1 aliphatic heterocycles. The van der Waals surface area contributed by atoms with Crippen LogP contribution in [0.4, 0.5) is 0 Å². The highest BCUT2D eigenvalue weighted by atomic mass is 32.2. The zero-order chi connectivity index (χ0) is 14.6. The molecule has 0 N–H and O–H groups in total. The molecule has 1 aliphatic rings. The Morgan fingerprint density at radius 1 is 1.20 bits per heavy atom. The van der Waals surface area contributed by atoms with E-state index in [1.165, 1.54) is 0 Å². The van der Waals surface area contributed by atoms with E-state index in [0.717, 1.165) is 25.0 Å². The summed E-state index contributed by atoms with van der Waals surface area (Å²) in [4.78, 5) is 0.357. The van der Waals surface area contributed by atoms with Gasteiger partial charge in [0.1, 0.15) is 5.75 Å². The molecule has 1 heterocycles. The molecule has 0 radical (unpaired) electrons. The van der Waals surface area contributed by atoms with Gasteiger partial charge >= 0.3 is 0 Å². The number of ether oxygens (including phenoxy) is 1. The van der Waals surface area contributed by atoms with Gasteiger partial charge in [-0.05, 0) is 49.4 Å². The first-order valence-corrected chi connectivity index (χ1v) is 8.71. The molecule has 0 unspecified atom stereocenters. The average molecular weight is 297 g/mol. The molecule has 1 saturated heterocycles. The molecule has 5 heteroatoms. The Labute approximate surface area is 121 Å². The van der Waals surface area contributed by atoms with Crippen LogP contribution >= 0.6 is 0 Å². The summed E-state index contributed by atoms with van der Waals surface area (Å²) in [6.07, 6.45) is 2.82. The van der Waals surface area contributed by atoms with E-state index in [9.17, 15) is 8.42 Å². The number of hydrogen-bond donors (Lipinski definition) is 0. The first-order valence-electron chi connectivity index (χ1n) is 7.27. The van der Waals surface area contributed by atoms with Gasteiger partial charge in [0.25, 0.3) is 0 Å². The highest BCUT2D eigenvalue weighted by Crippen LogP contribution is 2.24. The molecule has 4 nitrogen and oxygen atoms in total. The van der Waals surface area contributed by atoms with Gasteiger partial charge in [0.15, 0.2) is 0 Å². The van der Waals surface area contributed by atoms with Crippen molar-refractivity contribution in [2.75, 3.05) is 19.7 Å². The fourth-order valence-electron chi connectivity index (χ4n) is 2.30. The highest BCUT2D eigenvalue weighted by molar-refractivity contribution is 7.89. The molecule has 0 spiro atoms. The molecular weight excluding hydrogens is 274 g/mol. The van der Waals surface area contributed by atoms with Crippen LogP contribution in [-0.4, -0.2) is 32.4 Å². The minimum absolute atomic E-state index is 0.357. The van der Waals surface area contributed by atoms with Crippen molar-refractivity contribution in [1.29, 1.82) is 0 Å². The summed E-state index contributed by atoms with van der Waals surface area (Å²) in [5.41, 5.74) is 0. The topological polar surface area (TPSA) is 46.6 Å². The lowest BCUT2D eigenvalue weighted by molar-refractivity contribution is 0.288. The van der Waals surface area contributed by atoms with E-state index < -0.39 is 10.0 Å². The Balaban J connectivity index is 2.09. The summed E-state index contributed by atoms with van der Waals surface area (Å²) in [6.45, 7) is 6.10. The Morgan fingerprint density at radius 3 is 2.35 bits per heavy atom. The molecule has 0 saturated carbocycles. The maximum atomic E-state index is 12.5. The number of rotatable bonds is 5. The molecule has 2 rings (SSSR count). The van der Waals surface area contributed by atoms with Gasteiger partial charge in [-0.1, -0.05) is 13.8 Å². The minimum atomic E-state index is -3.34. The second-order valence-corrected chi connectivity index (χ2v) is 7.34. The summed E-state index contributed by atoms with van der Waals surface area (Å²) in [5, 5.41) is 0. The van der Waals surface area contributed by atoms with Gasteiger partial charge in [-0.25, -0.2) is 8.42 Å². The van der Waals surface area contributed by atoms with Crippen molar-refractivity contribution >= 4 is 10.0 Å². The van der Waals surface area contributed by atoms with Crippen LogP contribution in [0.25, 0.3) is 0 Å². The van der Waals surface area contributed by atoms with Crippen molar-refractivity contribution < 1.29 is 13.2 Å². The summed E-state index contributed by atoms with van der Waals surface area (Å²) >= 11 is 0. The lowest BCUT2D eigenvalue weighted by Crippen LogP contribution is -2.37. The summed E-state index contributed by atoms with van der Waals surface area (Å²) in [5.74, 6) is 1.34. The predicted octanol–water partition coefficient (Wildman–Crippen LogP) is 2.90. The van der Waals surface area contributed by atoms with Crippen LogP contribution in [0, 0.1) is 5.92 Å². The zero-order valence-electron chi connectivity index (χ0n) is 12.2. The average Bonchev–Trinajstić information content (AvgIpc) is 2.46. The van der Waals surface area contributed by atoms with E-state index in [2.05, 4.69) is 6.92 Å². The van der Waals surface area contributed by atoms with Gasteiger partial charge in [0.05, 0.1) is 11.5 Å². The van der Waals surface area contributed by atoms with Crippen molar-refractivity contribution in [1.82, 2.24) is 4.31 Å². The van der Waals surface area contributed by atoms with E-state index >= 15 is 0 Å². The van der Waals surface area contributed by atoms with Crippen molar-refractivity contribution in [3.8, 4) is 5.75 Å². The van der Waals surface area contributed by atoms with E-state index in [0.29, 0.717) is 30.5 Å². The first-order chi connectivity index (χ1) is 9.54. The number of piperidine rings is 1. The summed E-state index contributed by atoms with van der Waals surface area (Å²) in [7, 11) is -3.34. The van der Waals surface area contributed by atoms with Crippen LogP contribution in [-0.2, 0) is 10.0 Å². The predicted molar refractivity (Wildman–Crippen MR) is 79.4 cm³/mol. The van der Waals surface area contributed by atoms with Crippen molar-refractivity contribution in [2.24, 2.45) is 5.92 Å². The molecule has 20 heavy (non-hydrogen) atoms. The van der Waals surface area contributed by atoms with Crippen molar-refractivity contribution in [3.05, 3.63) is 24.3 Å². The van der Waals surface area contributed by atoms with Gasteiger partial charge in [-0.15, -0.1) is 0 Å². The smallest absolute Gasteiger partial charge is 0.243 e. The van der Waals surface area contributed by atoms with Crippen LogP contribution in [0.5, 0.6) is 5.75 Å². The molecule has 0 bridgehead atoms. The van der Waals surface area contributed by atoms with Gasteiger partial charge in [0.2, 0.25) is 10.0 Å². The fourth-order valence-corrected chi connectivity index (χ4v) is 3.77. The van der Waals surface area contributed by atoms with Crippen molar-refractivity contribution in [2.45, 2.75) is 38.0 Å². The van der Waals surface area contributed by atoms with Crippen molar-refractivity contribution in [3.63, 3.8) is 0 Å². The Morgan fingerprint density at radius 2 is 1.80 bits per heavy atom. The first kappa shape index (κ1) is 15.3. The van der Waals surface area contributed by atoms with E-state index in [4.69, 9.17) is 4.74 Å². The quantitative estimate of drug-likeness (QED) is 0.839. The van der Waals surface area contributed by atoms with Gasteiger partial charge in [0, 0.05) is 13.1 Å². The second-order valence-electron chi connectivity index (χ2n) is 5.41. The maximum absolute atomic E-state index is 12.5. The summed E-state index contributed by atoms with van der Waals surface area (Å²) in [6, 6.07) is 6.74. The largest absolute Gasteiger partial charge is 0.494 e. The third-order valence-electron chi connectivity index (χ3n) is 3.68. The molecule has 1 aromatic carbocycles. The Hall–Kier alpha value is -1.07. The minimum Gasteiger partial charge on any atom is -0.494 e. The molecule has 0 aromatic heterocycles. The zero-order valence-corrected chi connectivity index (χ0v) is 13.0. The SMILES string of the molecule is CCCOc1ccc(S(=O)(=O)N2CCC(C)CC2)cc1. The third-order valence-corrected chi connectivity index (χ3v) is 5.59. The maximum Gasteiger partial charge on any atom is 0.243 e. The summed E-state index contributed by atoms with van der Waals surface area (Å²) < 4.78 is 32.1. The number of nitrogens with zero attached hydrogens (tertiary/aromatic N) is 1. The van der Waals surface area contributed by atoms with E-state index in [1.807, 2.05) is 6.92 Å². The van der Waals surface area contributed by atoms with Gasteiger partial charge in [-0.3, -0.25) is 0 Å². The molecular formula is C15H23NO3S. The lowest BCUT2D eigenvalue weighted by atomic mass is 10.0. The van der Waals surface area contributed by atoms with Crippen LogP contribution in [0.15, 0.2) is 29.2 Å². The van der Waals surface area contributed by atoms with Crippen LogP contribution in [0.1, 0.15) is 33.1 Å². The van der Waals surface area contributed by atoms with Gasteiger partial charge < -0.3 is 4.74 Å². The monoisotopic (exact) mass is 297 g/mol. The van der Waals surface area contributed by atoms with Crippen LogP contribution in [0.3, 0.4) is 0 Å². The molecule has 0 atom stereocenters. The van der Waals surface area contributed by atoms with Crippen LogP contribution in [0.2, 0.25) is 0 Å². The third kappa shape index (κ3) is 3.52. The molecule has 0 aliphatic carbocycles. The van der Waals surface area contributed by atoms with E-state index in [-0.39, 0.29) is 0 Å². The normalized spacial score (nSPS) is 18.1. The number of hydrogen-bond acceptors (Lipinski definition) is 3. The van der Waals surface area contributed by atoms with Crippen LogP contribution < -0.4 is 4.74 Å². The fraction of sp³-hybridized carbons (Fsp3) is 0.600. The number of benzene rings is 1. The standard InChI is InChI=1S/C15H23NO3S/c1-3-12-19-14-4-6-15(7-5-14)20(17,18)16-10-8-13(2)9-11-16/h4-7,13H,3,8-12H2,1-2H3. The molecule has 112 valence electrons. The molecule has 1 aromatic rings. The molecule has 1 fully saturated rings. The Bertz CT molecular complexity index is 517. The lowest BCUT2D eigenvalue weighted by Gasteiger charge is -2.29.